The molecule has 2 heterocycles. The molecule has 0 saturated heterocycles. The number of ether oxygens (including phenoxy) is 1. The average Bonchev–Trinajstić information content (AvgIpc) is 2.70. The van der Waals surface area contributed by atoms with Crippen LogP contribution in [0.25, 0.3) is 0 Å². The van der Waals surface area contributed by atoms with Crippen molar-refractivity contribution in [2.24, 2.45) is 0 Å². The van der Waals surface area contributed by atoms with Crippen LogP contribution in [0, 0.1) is 6.92 Å². The molecule has 0 fully saturated rings. The van der Waals surface area contributed by atoms with Crippen molar-refractivity contribution in [1.82, 2.24) is 15.2 Å². The molecule has 3 rings (SSSR count). The lowest BCUT2D eigenvalue weighted by Gasteiger charge is -2.12. The number of methoxy groups -OCH3 is 1. The number of hydrogen-bond acceptors (Lipinski definition) is 6. The first kappa shape index (κ1) is 18.6. The molecule has 0 unspecified atom stereocenters. The molecule has 27 heavy (non-hydrogen) atoms. The molecule has 0 bridgehead atoms. The highest BCUT2D eigenvalue weighted by molar-refractivity contribution is 6.31. The SMILES string of the molecule is COc1cc(Cl)c(C)cc1NC(=O)c1ccc(NCc2ccncc2)nn1. The average molecular weight is 384 g/mol. The first-order chi connectivity index (χ1) is 13.1. The zero-order chi connectivity index (χ0) is 19.2. The minimum Gasteiger partial charge on any atom is -0.495 e. The number of halogens is 1. The van der Waals surface area contributed by atoms with Crippen LogP contribution >= 0.6 is 11.6 Å². The quantitative estimate of drug-likeness (QED) is 0.674. The minimum atomic E-state index is -0.386. The van der Waals surface area contributed by atoms with Crippen molar-refractivity contribution in [1.29, 1.82) is 0 Å². The molecule has 7 nitrogen and oxygen atoms in total. The lowest BCUT2D eigenvalue weighted by atomic mass is 10.2. The standard InChI is InChI=1S/C19H18ClN5O2/c1-12-9-16(17(27-2)10-14(12)20)23-19(26)15-3-4-18(25-24-15)22-11-13-5-7-21-8-6-13/h3-10H,11H2,1-2H3,(H,22,25)(H,23,26). The van der Waals surface area contributed by atoms with Gasteiger partial charge in [-0.05, 0) is 48.4 Å². The summed E-state index contributed by atoms with van der Waals surface area (Å²) < 4.78 is 5.26. The van der Waals surface area contributed by atoms with Crippen LogP contribution in [0.3, 0.4) is 0 Å². The maximum atomic E-state index is 12.4. The van der Waals surface area contributed by atoms with Gasteiger partial charge in [-0.15, -0.1) is 10.2 Å². The number of pyridine rings is 1. The third kappa shape index (κ3) is 4.71. The van der Waals surface area contributed by atoms with Crippen LogP contribution in [-0.4, -0.2) is 28.2 Å². The van der Waals surface area contributed by atoms with E-state index in [1.54, 1.807) is 36.7 Å². The largest absolute Gasteiger partial charge is 0.495 e. The topological polar surface area (TPSA) is 89.0 Å². The first-order valence-electron chi connectivity index (χ1n) is 8.19. The Bertz CT molecular complexity index is 933. The van der Waals surface area contributed by atoms with Gasteiger partial charge in [0.25, 0.3) is 5.91 Å². The van der Waals surface area contributed by atoms with E-state index in [9.17, 15) is 4.79 Å². The summed E-state index contributed by atoms with van der Waals surface area (Å²) in [6, 6.07) is 10.5. The maximum absolute atomic E-state index is 12.4. The highest BCUT2D eigenvalue weighted by Gasteiger charge is 2.13. The molecule has 3 aromatic rings. The van der Waals surface area contributed by atoms with Gasteiger partial charge < -0.3 is 15.4 Å². The molecule has 0 radical (unpaired) electrons. The lowest BCUT2D eigenvalue weighted by molar-refractivity contribution is 0.102. The van der Waals surface area contributed by atoms with Crippen LogP contribution in [0.15, 0.2) is 48.8 Å². The summed E-state index contributed by atoms with van der Waals surface area (Å²) in [6.07, 6.45) is 3.45. The predicted molar refractivity (Wildman–Crippen MR) is 104 cm³/mol. The number of benzene rings is 1. The normalized spacial score (nSPS) is 10.3. The first-order valence-corrected chi connectivity index (χ1v) is 8.56. The Morgan fingerprint density at radius 2 is 1.93 bits per heavy atom. The molecular weight excluding hydrogens is 366 g/mol. The molecule has 1 amide bonds. The van der Waals surface area contributed by atoms with Crippen molar-refractivity contribution >= 4 is 29.0 Å². The van der Waals surface area contributed by atoms with E-state index in [4.69, 9.17) is 16.3 Å². The summed E-state index contributed by atoms with van der Waals surface area (Å²) in [5.74, 6) is 0.661. The monoisotopic (exact) mass is 383 g/mol. The summed E-state index contributed by atoms with van der Waals surface area (Å²) in [5.41, 5.74) is 2.61. The van der Waals surface area contributed by atoms with Gasteiger partial charge >= 0.3 is 0 Å². The number of aryl methyl sites for hydroxylation is 1. The van der Waals surface area contributed by atoms with Gasteiger partial charge in [-0.2, -0.15) is 0 Å². The van der Waals surface area contributed by atoms with E-state index in [0.717, 1.165) is 11.1 Å². The molecule has 0 aliphatic rings. The highest BCUT2D eigenvalue weighted by Crippen LogP contribution is 2.31. The Hall–Kier alpha value is -3.19. The maximum Gasteiger partial charge on any atom is 0.276 e. The molecular formula is C19H18ClN5O2. The fourth-order valence-electron chi connectivity index (χ4n) is 2.36. The van der Waals surface area contributed by atoms with Crippen LogP contribution in [0.2, 0.25) is 5.02 Å². The van der Waals surface area contributed by atoms with Crippen molar-refractivity contribution in [3.63, 3.8) is 0 Å². The number of anilines is 2. The number of carbonyl (C=O) groups is 1. The van der Waals surface area contributed by atoms with E-state index in [1.807, 2.05) is 19.1 Å². The molecule has 8 heteroatoms. The van der Waals surface area contributed by atoms with Gasteiger partial charge in [-0.1, -0.05) is 11.6 Å². The van der Waals surface area contributed by atoms with Gasteiger partial charge in [0.1, 0.15) is 11.6 Å². The fourth-order valence-corrected chi connectivity index (χ4v) is 2.51. The van der Waals surface area contributed by atoms with Crippen molar-refractivity contribution in [2.75, 3.05) is 17.7 Å². The van der Waals surface area contributed by atoms with E-state index in [-0.39, 0.29) is 11.6 Å². The summed E-state index contributed by atoms with van der Waals surface area (Å²) in [6.45, 7) is 2.44. The number of hydrogen-bond donors (Lipinski definition) is 2. The summed E-state index contributed by atoms with van der Waals surface area (Å²) in [5, 5.41) is 14.5. The zero-order valence-electron chi connectivity index (χ0n) is 14.9. The molecule has 0 atom stereocenters. The van der Waals surface area contributed by atoms with Gasteiger partial charge in [0, 0.05) is 30.0 Å². The van der Waals surface area contributed by atoms with Crippen molar-refractivity contribution < 1.29 is 9.53 Å². The number of nitrogens with one attached hydrogen (secondary N) is 2. The van der Waals surface area contributed by atoms with E-state index < -0.39 is 0 Å². The molecule has 138 valence electrons. The van der Waals surface area contributed by atoms with Gasteiger partial charge in [-0.3, -0.25) is 9.78 Å². The molecule has 2 N–H and O–H groups in total. The smallest absolute Gasteiger partial charge is 0.276 e. The Morgan fingerprint density at radius 3 is 2.59 bits per heavy atom. The van der Waals surface area contributed by atoms with E-state index >= 15 is 0 Å². The van der Waals surface area contributed by atoms with E-state index in [2.05, 4.69) is 25.8 Å². The molecule has 0 aliphatic heterocycles. The highest BCUT2D eigenvalue weighted by atomic mass is 35.5. The Morgan fingerprint density at radius 1 is 1.15 bits per heavy atom. The summed E-state index contributed by atoms with van der Waals surface area (Å²) in [7, 11) is 1.51. The molecule has 2 aromatic heterocycles. The Balaban J connectivity index is 1.66. The van der Waals surface area contributed by atoms with Crippen molar-refractivity contribution in [3.05, 3.63) is 70.6 Å². The van der Waals surface area contributed by atoms with Crippen LogP contribution in [0.4, 0.5) is 11.5 Å². The third-order valence-corrected chi connectivity index (χ3v) is 4.26. The van der Waals surface area contributed by atoms with Gasteiger partial charge in [0.15, 0.2) is 5.69 Å². The Labute approximate surface area is 161 Å². The van der Waals surface area contributed by atoms with Crippen LogP contribution < -0.4 is 15.4 Å². The molecule has 0 saturated carbocycles. The second-order valence-corrected chi connectivity index (χ2v) is 6.18. The lowest BCUT2D eigenvalue weighted by Crippen LogP contribution is -2.15. The van der Waals surface area contributed by atoms with Gasteiger partial charge in [0.05, 0.1) is 12.8 Å². The van der Waals surface area contributed by atoms with Crippen LogP contribution in [0.5, 0.6) is 5.75 Å². The van der Waals surface area contributed by atoms with Crippen molar-refractivity contribution in [3.8, 4) is 5.75 Å². The molecule has 0 aliphatic carbocycles. The predicted octanol–water partition coefficient (Wildman–Crippen LogP) is 3.71. The number of nitrogens with zero attached hydrogens (tertiary/aromatic N) is 3. The second kappa shape index (κ2) is 8.46. The minimum absolute atomic E-state index is 0.194. The number of carbonyl (C=O) groups excluding carboxylic acids is 1. The van der Waals surface area contributed by atoms with Crippen LogP contribution in [0.1, 0.15) is 21.6 Å². The third-order valence-electron chi connectivity index (χ3n) is 3.85. The second-order valence-electron chi connectivity index (χ2n) is 5.77. The number of aromatic nitrogens is 3. The summed E-state index contributed by atoms with van der Waals surface area (Å²) in [4.78, 5) is 16.4. The fraction of sp³-hybridized carbons (Fsp3) is 0.158. The Kier molecular flexibility index (Phi) is 5.83. The number of rotatable bonds is 6. The zero-order valence-corrected chi connectivity index (χ0v) is 15.6. The molecule has 0 spiro atoms. The van der Waals surface area contributed by atoms with Crippen molar-refractivity contribution in [2.45, 2.75) is 13.5 Å². The number of amides is 1. The molecule has 1 aromatic carbocycles. The summed E-state index contributed by atoms with van der Waals surface area (Å²) >= 11 is 6.08. The van der Waals surface area contributed by atoms with Crippen LogP contribution in [-0.2, 0) is 6.54 Å². The van der Waals surface area contributed by atoms with Gasteiger partial charge in [0.2, 0.25) is 0 Å². The van der Waals surface area contributed by atoms with Gasteiger partial charge in [-0.25, -0.2) is 0 Å². The van der Waals surface area contributed by atoms with E-state index in [0.29, 0.717) is 28.8 Å². The van der Waals surface area contributed by atoms with E-state index in [1.165, 1.54) is 7.11 Å².